The summed E-state index contributed by atoms with van der Waals surface area (Å²) in [5.41, 5.74) is 2.26. The van der Waals surface area contributed by atoms with Crippen LogP contribution in [0.3, 0.4) is 0 Å². The van der Waals surface area contributed by atoms with Crippen molar-refractivity contribution in [1.82, 2.24) is 9.97 Å². The normalized spacial score (nSPS) is 11.8. The van der Waals surface area contributed by atoms with E-state index >= 15 is 0 Å². The molecule has 0 amide bonds. The molecule has 5 rings (SSSR count). The smallest absolute Gasteiger partial charge is 0.335 e. The Hall–Kier alpha value is -3.62. The molecule has 176 valence electrons. The Morgan fingerprint density at radius 2 is 1.76 bits per heavy atom. The fourth-order valence-corrected chi connectivity index (χ4v) is 3.73. The lowest BCUT2D eigenvalue weighted by Gasteiger charge is -2.14. The number of aromatic amines is 1. The number of fused-ring (bicyclic) bond motifs is 2. The molecule has 0 radical (unpaired) electrons. The minimum absolute atomic E-state index is 0. The summed E-state index contributed by atoms with van der Waals surface area (Å²) >= 11 is 12.3. The number of hydrogen-bond donors (Lipinski definition) is 2. The van der Waals surface area contributed by atoms with Crippen LogP contribution in [0.5, 0.6) is 23.0 Å². The highest BCUT2D eigenvalue weighted by atomic mass is 35.5. The van der Waals surface area contributed by atoms with Crippen LogP contribution in [0.4, 0.5) is 0 Å². The number of halogens is 2. The molecule has 4 aromatic rings. The van der Waals surface area contributed by atoms with E-state index in [4.69, 9.17) is 42.1 Å². The topological polar surface area (TPSA) is 103 Å². The largest absolute Gasteiger partial charge is 0.485 e. The predicted molar refractivity (Wildman–Crippen MR) is 127 cm³/mol. The molecule has 34 heavy (non-hydrogen) atoms. The first kappa shape index (κ1) is 23.5. The lowest BCUT2D eigenvalue weighted by molar-refractivity contribution is 0.0696. The summed E-state index contributed by atoms with van der Waals surface area (Å²) in [5, 5.41) is 10.4. The standard InChI is InChI=1S/C23H16Cl2N2O6.CH4/c24-14-2-3-16-17(7-14)27-22(26-16)10-31-18-4-1-12(23(28)29)5-19(18)30-9-13-6-20-21(8-15(13)25)33-11-32-20;/h1-8H,9-11H2,(H,26,27)(H,28,29);1H4. The van der Waals surface area contributed by atoms with Gasteiger partial charge >= 0.3 is 5.97 Å². The highest BCUT2D eigenvalue weighted by molar-refractivity contribution is 6.31. The van der Waals surface area contributed by atoms with Crippen molar-refractivity contribution in [1.29, 1.82) is 0 Å². The Balaban J connectivity index is 0.00000274. The lowest BCUT2D eigenvalue weighted by Crippen LogP contribution is -2.04. The number of benzene rings is 3. The van der Waals surface area contributed by atoms with Gasteiger partial charge in [-0.25, -0.2) is 9.78 Å². The van der Waals surface area contributed by atoms with Crippen molar-refractivity contribution < 1.29 is 28.8 Å². The molecule has 0 saturated carbocycles. The molecule has 0 spiro atoms. The maximum atomic E-state index is 11.5. The summed E-state index contributed by atoms with van der Waals surface area (Å²) in [6.07, 6.45) is 0. The number of carboxylic acid groups (broad SMARTS) is 1. The van der Waals surface area contributed by atoms with Gasteiger partial charge < -0.3 is 29.0 Å². The second-order valence-electron chi connectivity index (χ2n) is 7.19. The van der Waals surface area contributed by atoms with E-state index in [2.05, 4.69) is 9.97 Å². The predicted octanol–water partition coefficient (Wildman–Crippen LogP) is 6.09. The van der Waals surface area contributed by atoms with Gasteiger partial charge in [0.25, 0.3) is 0 Å². The molecule has 8 nitrogen and oxygen atoms in total. The van der Waals surface area contributed by atoms with Crippen molar-refractivity contribution in [3.05, 3.63) is 75.5 Å². The quantitative estimate of drug-likeness (QED) is 0.315. The minimum atomic E-state index is -1.08. The van der Waals surface area contributed by atoms with Gasteiger partial charge in [0.2, 0.25) is 6.79 Å². The van der Waals surface area contributed by atoms with E-state index in [9.17, 15) is 9.90 Å². The zero-order valence-electron chi connectivity index (χ0n) is 16.9. The Morgan fingerprint density at radius 1 is 1.00 bits per heavy atom. The first-order valence-corrected chi connectivity index (χ1v) is 10.6. The zero-order chi connectivity index (χ0) is 22.9. The molecule has 0 aliphatic carbocycles. The molecular weight excluding hydrogens is 483 g/mol. The van der Waals surface area contributed by atoms with Crippen LogP contribution in [-0.4, -0.2) is 27.8 Å². The number of carbonyl (C=O) groups is 1. The van der Waals surface area contributed by atoms with Crippen molar-refractivity contribution in [2.75, 3.05) is 6.79 Å². The van der Waals surface area contributed by atoms with Crippen molar-refractivity contribution in [2.24, 2.45) is 0 Å². The van der Waals surface area contributed by atoms with Crippen LogP contribution in [0.25, 0.3) is 11.0 Å². The second-order valence-corrected chi connectivity index (χ2v) is 8.03. The number of ether oxygens (including phenoxy) is 4. The Kier molecular flexibility index (Phi) is 6.72. The molecule has 1 aliphatic heterocycles. The van der Waals surface area contributed by atoms with Gasteiger partial charge in [0.1, 0.15) is 19.0 Å². The summed E-state index contributed by atoms with van der Waals surface area (Å²) in [7, 11) is 0. The van der Waals surface area contributed by atoms with Gasteiger partial charge in [0.05, 0.1) is 21.6 Å². The molecule has 0 unspecified atom stereocenters. The average molecular weight is 503 g/mol. The van der Waals surface area contributed by atoms with Gasteiger partial charge in [-0.1, -0.05) is 30.6 Å². The number of nitrogens with one attached hydrogen (secondary N) is 1. The van der Waals surface area contributed by atoms with Crippen LogP contribution in [0.2, 0.25) is 10.0 Å². The van der Waals surface area contributed by atoms with Gasteiger partial charge in [-0.05, 0) is 42.5 Å². The third kappa shape index (κ3) is 4.83. The number of rotatable bonds is 7. The number of hydrogen-bond acceptors (Lipinski definition) is 6. The highest BCUT2D eigenvalue weighted by Crippen LogP contribution is 2.38. The number of nitrogens with zero attached hydrogens (tertiary/aromatic N) is 1. The van der Waals surface area contributed by atoms with Crippen molar-refractivity contribution in [2.45, 2.75) is 20.6 Å². The molecule has 0 bridgehead atoms. The van der Waals surface area contributed by atoms with Gasteiger partial charge in [-0.2, -0.15) is 0 Å². The third-order valence-electron chi connectivity index (χ3n) is 4.97. The molecule has 10 heteroatoms. The first-order chi connectivity index (χ1) is 16.0. The van der Waals surface area contributed by atoms with Crippen LogP contribution in [-0.2, 0) is 13.2 Å². The molecule has 0 fully saturated rings. The summed E-state index contributed by atoms with van der Waals surface area (Å²) < 4.78 is 22.5. The number of H-pyrrole nitrogens is 1. The lowest BCUT2D eigenvalue weighted by atomic mass is 10.2. The maximum Gasteiger partial charge on any atom is 0.335 e. The van der Waals surface area contributed by atoms with Gasteiger partial charge in [0, 0.05) is 16.7 Å². The number of carboxylic acids is 1. The third-order valence-corrected chi connectivity index (χ3v) is 5.56. The second kappa shape index (κ2) is 9.70. The van der Waals surface area contributed by atoms with E-state index in [0.29, 0.717) is 38.7 Å². The summed E-state index contributed by atoms with van der Waals surface area (Å²) in [4.78, 5) is 19.1. The van der Waals surface area contributed by atoms with Crippen LogP contribution in [0, 0.1) is 0 Å². The van der Waals surface area contributed by atoms with E-state index < -0.39 is 5.97 Å². The maximum absolute atomic E-state index is 11.5. The van der Waals surface area contributed by atoms with Crippen molar-refractivity contribution in [3.8, 4) is 23.0 Å². The van der Waals surface area contributed by atoms with Gasteiger partial charge in [-0.15, -0.1) is 0 Å². The summed E-state index contributed by atoms with van der Waals surface area (Å²) in [6.45, 7) is 0.306. The Morgan fingerprint density at radius 3 is 2.56 bits per heavy atom. The number of imidazole rings is 1. The monoisotopic (exact) mass is 502 g/mol. The minimum Gasteiger partial charge on any atom is -0.485 e. The molecule has 0 atom stereocenters. The van der Waals surface area contributed by atoms with E-state index in [1.807, 2.05) is 6.07 Å². The van der Waals surface area contributed by atoms with E-state index in [1.54, 1.807) is 30.3 Å². The fourth-order valence-electron chi connectivity index (χ4n) is 3.35. The molecule has 1 aromatic heterocycles. The molecule has 3 aromatic carbocycles. The first-order valence-electron chi connectivity index (χ1n) is 9.81. The Bertz CT molecular complexity index is 1370. The van der Waals surface area contributed by atoms with E-state index in [-0.39, 0.29) is 38.7 Å². The Labute approximate surface area is 204 Å². The van der Waals surface area contributed by atoms with E-state index in [1.165, 1.54) is 12.1 Å². The van der Waals surface area contributed by atoms with Crippen LogP contribution >= 0.6 is 23.2 Å². The molecule has 2 heterocycles. The van der Waals surface area contributed by atoms with Gasteiger partial charge in [0.15, 0.2) is 23.0 Å². The van der Waals surface area contributed by atoms with Crippen LogP contribution in [0.1, 0.15) is 29.2 Å². The molecule has 1 aliphatic rings. The van der Waals surface area contributed by atoms with Crippen molar-refractivity contribution >= 4 is 40.2 Å². The summed E-state index contributed by atoms with van der Waals surface area (Å²) in [6, 6.07) is 13.1. The summed E-state index contributed by atoms with van der Waals surface area (Å²) in [5.74, 6) is 1.24. The van der Waals surface area contributed by atoms with Crippen molar-refractivity contribution in [3.63, 3.8) is 0 Å². The average Bonchev–Trinajstić information content (AvgIpc) is 3.41. The van der Waals surface area contributed by atoms with E-state index in [0.717, 1.165) is 11.0 Å². The zero-order valence-corrected chi connectivity index (χ0v) is 18.4. The number of aromatic nitrogens is 2. The number of aromatic carboxylic acids is 1. The van der Waals surface area contributed by atoms with Crippen LogP contribution in [0.15, 0.2) is 48.5 Å². The molecule has 0 saturated heterocycles. The fraction of sp³-hybridized carbons (Fsp3) is 0.167. The van der Waals surface area contributed by atoms with Gasteiger partial charge in [-0.3, -0.25) is 0 Å². The SMILES string of the molecule is C.O=C(O)c1ccc(OCc2nc3ccc(Cl)cc3[nH]2)c(OCc2cc3c(cc2Cl)OCO3)c1. The molecular formula is C24H20Cl2N2O6. The molecule has 2 N–H and O–H groups in total. The van der Waals surface area contributed by atoms with Crippen LogP contribution < -0.4 is 18.9 Å². The highest BCUT2D eigenvalue weighted by Gasteiger charge is 2.18.